The number of benzene rings is 1. The predicted molar refractivity (Wildman–Crippen MR) is 63.9 cm³/mol. The first kappa shape index (κ1) is 10.3. The number of aryl methyl sites for hydroxylation is 2. The van der Waals surface area contributed by atoms with Crippen molar-refractivity contribution in [2.45, 2.75) is 19.4 Å². The SMILES string of the molecule is NCc1nc(CCc2ccccc2)cs1. The first-order chi connectivity index (χ1) is 7.38. The summed E-state index contributed by atoms with van der Waals surface area (Å²) >= 11 is 1.65. The van der Waals surface area contributed by atoms with Gasteiger partial charge >= 0.3 is 0 Å². The molecule has 0 aliphatic carbocycles. The van der Waals surface area contributed by atoms with Crippen molar-refractivity contribution in [1.82, 2.24) is 4.98 Å². The van der Waals surface area contributed by atoms with Gasteiger partial charge in [0, 0.05) is 11.9 Å². The standard InChI is InChI=1S/C12H14N2S/c13-8-12-14-11(9-15-12)7-6-10-4-2-1-3-5-10/h1-5,9H,6-8,13H2. The lowest BCUT2D eigenvalue weighted by atomic mass is 10.1. The highest BCUT2D eigenvalue weighted by atomic mass is 32.1. The summed E-state index contributed by atoms with van der Waals surface area (Å²) < 4.78 is 0. The normalized spacial score (nSPS) is 10.5. The summed E-state index contributed by atoms with van der Waals surface area (Å²) in [7, 11) is 0. The molecule has 2 aromatic rings. The molecule has 15 heavy (non-hydrogen) atoms. The maximum atomic E-state index is 5.52. The summed E-state index contributed by atoms with van der Waals surface area (Å²) in [6, 6.07) is 10.5. The van der Waals surface area contributed by atoms with Crippen LogP contribution < -0.4 is 5.73 Å². The number of rotatable bonds is 4. The number of hydrogen-bond donors (Lipinski definition) is 1. The quantitative estimate of drug-likeness (QED) is 0.855. The molecule has 2 nitrogen and oxygen atoms in total. The molecule has 0 radical (unpaired) electrons. The van der Waals surface area contributed by atoms with Gasteiger partial charge in [0.1, 0.15) is 5.01 Å². The average Bonchev–Trinajstić information content (AvgIpc) is 2.76. The molecule has 0 unspecified atom stereocenters. The molecule has 1 aromatic carbocycles. The van der Waals surface area contributed by atoms with E-state index < -0.39 is 0 Å². The second-order valence-corrected chi connectivity index (χ2v) is 4.36. The molecular weight excluding hydrogens is 204 g/mol. The maximum absolute atomic E-state index is 5.52. The molecule has 0 saturated carbocycles. The van der Waals surface area contributed by atoms with Crippen LogP contribution in [0.5, 0.6) is 0 Å². The summed E-state index contributed by atoms with van der Waals surface area (Å²) in [5.41, 5.74) is 8.04. The minimum atomic E-state index is 0.552. The molecule has 3 heteroatoms. The highest BCUT2D eigenvalue weighted by Crippen LogP contribution is 2.11. The van der Waals surface area contributed by atoms with Crippen molar-refractivity contribution in [2.75, 3.05) is 0 Å². The molecule has 0 amide bonds. The fourth-order valence-corrected chi connectivity index (χ4v) is 2.18. The van der Waals surface area contributed by atoms with Crippen LogP contribution in [0.4, 0.5) is 0 Å². The van der Waals surface area contributed by atoms with Crippen molar-refractivity contribution in [3.8, 4) is 0 Å². The highest BCUT2D eigenvalue weighted by molar-refractivity contribution is 7.09. The topological polar surface area (TPSA) is 38.9 Å². The number of nitrogens with zero attached hydrogens (tertiary/aromatic N) is 1. The van der Waals surface area contributed by atoms with Crippen molar-refractivity contribution in [3.63, 3.8) is 0 Å². The van der Waals surface area contributed by atoms with E-state index in [2.05, 4.69) is 34.6 Å². The van der Waals surface area contributed by atoms with E-state index in [9.17, 15) is 0 Å². The van der Waals surface area contributed by atoms with E-state index in [-0.39, 0.29) is 0 Å². The Morgan fingerprint density at radius 2 is 1.93 bits per heavy atom. The Hall–Kier alpha value is -1.19. The lowest BCUT2D eigenvalue weighted by molar-refractivity contribution is 0.904. The van der Waals surface area contributed by atoms with Gasteiger partial charge < -0.3 is 5.73 Å². The molecule has 0 bridgehead atoms. The van der Waals surface area contributed by atoms with Crippen molar-refractivity contribution in [2.24, 2.45) is 5.73 Å². The molecule has 0 saturated heterocycles. The van der Waals surface area contributed by atoms with Crippen LogP contribution in [0.2, 0.25) is 0 Å². The zero-order chi connectivity index (χ0) is 10.5. The summed E-state index contributed by atoms with van der Waals surface area (Å²) in [5.74, 6) is 0. The van der Waals surface area contributed by atoms with Crippen LogP contribution in [-0.4, -0.2) is 4.98 Å². The van der Waals surface area contributed by atoms with Gasteiger partial charge in [-0.3, -0.25) is 0 Å². The molecule has 1 aromatic heterocycles. The third kappa shape index (κ3) is 2.88. The molecular formula is C12H14N2S. The van der Waals surface area contributed by atoms with Crippen LogP contribution in [0.3, 0.4) is 0 Å². The molecule has 0 fully saturated rings. The van der Waals surface area contributed by atoms with Crippen molar-refractivity contribution in [3.05, 3.63) is 52.0 Å². The van der Waals surface area contributed by atoms with E-state index in [4.69, 9.17) is 5.73 Å². The average molecular weight is 218 g/mol. The van der Waals surface area contributed by atoms with Gasteiger partial charge in [-0.1, -0.05) is 30.3 Å². The van der Waals surface area contributed by atoms with Crippen LogP contribution >= 0.6 is 11.3 Å². The molecule has 2 N–H and O–H groups in total. The third-order valence-corrected chi connectivity index (χ3v) is 3.21. The lowest BCUT2D eigenvalue weighted by Gasteiger charge is -1.97. The Balaban J connectivity index is 1.93. The molecule has 0 aliphatic rings. The minimum absolute atomic E-state index is 0.552. The smallest absolute Gasteiger partial charge is 0.106 e. The number of aromatic nitrogens is 1. The first-order valence-corrected chi connectivity index (χ1v) is 5.93. The molecule has 0 atom stereocenters. The van der Waals surface area contributed by atoms with Crippen LogP contribution in [0.15, 0.2) is 35.7 Å². The predicted octanol–water partition coefficient (Wildman–Crippen LogP) is 2.39. The third-order valence-electron chi connectivity index (χ3n) is 2.29. The Kier molecular flexibility index (Phi) is 3.48. The maximum Gasteiger partial charge on any atom is 0.106 e. The molecule has 78 valence electrons. The Morgan fingerprint density at radius 3 is 2.60 bits per heavy atom. The first-order valence-electron chi connectivity index (χ1n) is 5.06. The van der Waals surface area contributed by atoms with Gasteiger partial charge in [0.05, 0.1) is 5.69 Å². The molecule has 2 rings (SSSR count). The van der Waals surface area contributed by atoms with Crippen molar-refractivity contribution in [1.29, 1.82) is 0 Å². The Bertz CT molecular complexity index is 409. The van der Waals surface area contributed by atoms with Gasteiger partial charge in [-0.25, -0.2) is 4.98 Å². The zero-order valence-electron chi connectivity index (χ0n) is 8.52. The fourth-order valence-electron chi connectivity index (χ4n) is 1.47. The molecule has 0 aliphatic heterocycles. The van der Waals surface area contributed by atoms with Crippen LogP contribution in [0.25, 0.3) is 0 Å². The van der Waals surface area contributed by atoms with Gasteiger partial charge in [-0.2, -0.15) is 0 Å². The Morgan fingerprint density at radius 1 is 1.13 bits per heavy atom. The van der Waals surface area contributed by atoms with Crippen molar-refractivity contribution < 1.29 is 0 Å². The van der Waals surface area contributed by atoms with Gasteiger partial charge in [0.15, 0.2) is 0 Å². The van der Waals surface area contributed by atoms with Gasteiger partial charge in [-0.05, 0) is 18.4 Å². The summed E-state index contributed by atoms with van der Waals surface area (Å²) in [6.45, 7) is 0.552. The number of nitrogens with two attached hydrogens (primary N) is 1. The zero-order valence-corrected chi connectivity index (χ0v) is 9.33. The van der Waals surface area contributed by atoms with Crippen molar-refractivity contribution >= 4 is 11.3 Å². The van der Waals surface area contributed by atoms with E-state index in [0.717, 1.165) is 23.5 Å². The number of thiazole rings is 1. The van der Waals surface area contributed by atoms with Gasteiger partial charge in [-0.15, -0.1) is 11.3 Å². The summed E-state index contributed by atoms with van der Waals surface area (Å²) in [4.78, 5) is 4.44. The van der Waals surface area contributed by atoms with Crippen LogP contribution in [0.1, 0.15) is 16.3 Å². The van der Waals surface area contributed by atoms with Gasteiger partial charge in [0.25, 0.3) is 0 Å². The van der Waals surface area contributed by atoms with Crippen LogP contribution in [0, 0.1) is 0 Å². The lowest BCUT2D eigenvalue weighted by Crippen LogP contribution is -1.96. The van der Waals surface area contributed by atoms with Gasteiger partial charge in [0.2, 0.25) is 0 Å². The fraction of sp³-hybridized carbons (Fsp3) is 0.250. The summed E-state index contributed by atoms with van der Waals surface area (Å²) in [5, 5.41) is 3.13. The van der Waals surface area contributed by atoms with E-state index in [1.807, 2.05) is 6.07 Å². The van der Waals surface area contributed by atoms with E-state index >= 15 is 0 Å². The monoisotopic (exact) mass is 218 g/mol. The minimum Gasteiger partial charge on any atom is -0.325 e. The van der Waals surface area contributed by atoms with Crippen LogP contribution in [-0.2, 0) is 19.4 Å². The van der Waals surface area contributed by atoms with E-state index in [1.165, 1.54) is 5.56 Å². The molecule has 1 heterocycles. The Labute approximate surface area is 93.8 Å². The molecule has 0 spiro atoms. The number of hydrogen-bond acceptors (Lipinski definition) is 3. The summed E-state index contributed by atoms with van der Waals surface area (Å²) in [6.07, 6.45) is 2.05. The van der Waals surface area contributed by atoms with E-state index in [0.29, 0.717) is 6.54 Å². The van der Waals surface area contributed by atoms with E-state index in [1.54, 1.807) is 11.3 Å². The second kappa shape index (κ2) is 5.05. The second-order valence-electron chi connectivity index (χ2n) is 3.42. The highest BCUT2D eigenvalue weighted by Gasteiger charge is 2.00. The largest absolute Gasteiger partial charge is 0.325 e.